The summed E-state index contributed by atoms with van der Waals surface area (Å²) in [6.07, 6.45) is 18.0. The van der Waals surface area contributed by atoms with Crippen LogP contribution in [0.3, 0.4) is 0 Å². The maximum Gasteiger partial charge on any atom is 0.0605 e. The van der Waals surface area contributed by atoms with E-state index >= 15 is 0 Å². The number of allylic oxidation sites excluding steroid dienone is 3. The topological polar surface area (TPSA) is 20.2 Å². The minimum absolute atomic E-state index is 0.150. The average molecular weight is 401 g/mol. The minimum atomic E-state index is -0.150. The number of hydrogen-bond acceptors (Lipinski definition) is 1. The molecule has 3 rings (SSSR count). The normalized spacial score (nSPS) is 41.9. The van der Waals surface area contributed by atoms with Crippen LogP contribution in [0.15, 0.2) is 23.3 Å². The van der Waals surface area contributed by atoms with Crippen LogP contribution in [0.25, 0.3) is 0 Å². The highest BCUT2D eigenvalue weighted by Gasteiger charge is 2.50. The van der Waals surface area contributed by atoms with Crippen molar-refractivity contribution in [3.8, 4) is 0 Å². The molecule has 29 heavy (non-hydrogen) atoms. The van der Waals surface area contributed by atoms with E-state index in [0.29, 0.717) is 17.3 Å². The third kappa shape index (κ3) is 5.20. The third-order valence-corrected chi connectivity index (χ3v) is 9.26. The molecule has 0 bridgehead atoms. The van der Waals surface area contributed by atoms with Crippen molar-refractivity contribution in [2.75, 3.05) is 0 Å². The Morgan fingerprint density at radius 1 is 1.07 bits per heavy atom. The van der Waals surface area contributed by atoms with Gasteiger partial charge in [-0.3, -0.25) is 0 Å². The molecule has 0 radical (unpaired) electrons. The Labute approximate surface area is 181 Å². The van der Waals surface area contributed by atoms with Gasteiger partial charge in [-0.05, 0) is 85.9 Å². The van der Waals surface area contributed by atoms with E-state index in [1.807, 2.05) is 0 Å². The van der Waals surface area contributed by atoms with Crippen LogP contribution in [0, 0.1) is 40.9 Å². The fraction of sp³-hybridized carbons (Fsp3) is 0.857. The van der Waals surface area contributed by atoms with Gasteiger partial charge in [0.1, 0.15) is 0 Å². The van der Waals surface area contributed by atoms with E-state index in [4.69, 9.17) is 0 Å². The van der Waals surface area contributed by atoms with Crippen molar-refractivity contribution in [3.63, 3.8) is 0 Å². The van der Waals surface area contributed by atoms with Gasteiger partial charge in [0.15, 0.2) is 0 Å². The molecule has 3 fully saturated rings. The summed E-state index contributed by atoms with van der Waals surface area (Å²) in [5, 5.41) is 10.4. The van der Waals surface area contributed by atoms with Gasteiger partial charge >= 0.3 is 0 Å². The SMILES string of the molecule is CC(C)CCC[C@H](C)C1CCC2/C(=C/C=C3/C[C@@H](C)[C@@H](C)[C@H](O)C3)CCC[C@@]21C. The average Bonchev–Trinajstić information content (AvgIpc) is 3.01. The molecular formula is C28H48O. The Kier molecular flexibility index (Phi) is 7.74. The number of rotatable bonds is 6. The van der Waals surface area contributed by atoms with Gasteiger partial charge in [0, 0.05) is 0 Å². The number of aliphatic hydroxyl groups excluding tert-OH is 1. The molecule has 0 aliphatic heterocycles. The lowest BCUT2D eigenvalue weighted by Gasteiger charge is -2.44. The molecule has 0 aromatic rings. The maximum absolute atomic E-state index is 10.4. The van der Waals surface area contributed by atoms with E-state index in [-0.39, 0.29) is 6.10 Å². The van der Waals surface area contributed by atoms with Crippen molar-refractivity contribution in [1.29, 1.82) is 0 Å². The molecule has 1 nitrogen and oxygen atoms in total. The summed E-state index contributed by atoms with van der Waals surface area (Å²) in [4.78, 5) is 0. The Balaban J connectivity index is 1.68. The first-order valence-electron chi connectivity index (χ1n) is 12.8. The summed E-state index contributed by atoms with van der Waals surface area (Å²) >= 11 is 0. The second-order valence-corrected chi connectivity index (χ2v) is 11.8. The van der Waals surface area contributed by atoms with E-state index in [1.54, 1.807) is 5.57 Å². The van der Waals surface area contributed by atoms with Crippen molar-refractivity contribution in [3.05, 3.63) is 23.3 Å². The van der Waals surface area contributed by atoms with Crippen LogP contribution >= 0.6 is 0 Å². The molecule has 166 valence electrons. The molecule has 0 aromatic carbocycles. The van der Waals surface area contributed by atoms with E-state index in [2.05, 4.69) is 53.7 Å². The zero-order valence-corrected chi connectivity index (χ0v) is 20.2. The summed E-state index contributed by atoms with van der Waals surface area (Å²) in [5.74, 6) is 4.46. The van der Waals surface area contributed by atoms with Crippen LogP contribution in [0.5, 0.6) is 0 Å². The maximum atomic E-state index is 10.4. The van der Waals surface area contributed by atoms with Crippen molar-refractivity contribution >= 4 is 0 Å². The quantitative estimate of drug-likeness (QED) is 0.479. The van der Waals surface area contributed by atoms with Crippen LogP contribution in [0.2, 0.25) is 0 Å². The molecule has 0 saturated heterocycles. The summed E-state index contributed by atoms with van der Waals surface area (Å²) in [6, 6.07) is 0. The zero-order valence-electron chi connectivity index (χ0n) is 20.2. The van der Waals surface area contributed by atoms with Gasteiger partial charge in [0.2, 0.25) is 0 Å². The van der Waals surface area contributed by atoms with E-state index in [1.165, 1.54) is 63.4 Å². The van der Waals surface area contributed by atoms with Gasteiger partial charge in [-0.2, -0.15) is 0 Å². The lowest BCUT2D eigenvalue weighted by Crippen LogP contribution is -2.36. The second kappa shape index (κ2) is 9.71. The van der Waals surface area contributed by atoms with Crippen molar-refractivity contribution in [2.45, 2.75) is 112 Å². The second-order valence-electron chi connectivity index (χ2n) is 11.8. The predicted molar refractivity (Wildman–Crippen MR) is 126 cm³/mol. The monoisotopic (exact) mass is 400 g/mol. The highest BCUT2D eigenvalue weighted by atomic mass is 16.3. The lowest BCUT2D eigenvalue weighted by molar-refractivity contribution is 0.0690. The van der Waals surface area contributed by atoms with Crippen molar-refractivity contribution in [2.24, 2.45) is 40.9 Å². The van der Waals surface area contributed by atoms with E-state index in [9.17, 15) is 5.11 Å². The Bertz CT molecular complexity index is 585. The first-order chi connectivity index (χ1) is 13.7. The number of fused-ring (bicyclic) bond motifs is 1. The Morgan fingerprint density at radius 3 is 2.52 bits per heavy atom. The van der Waals surface area contributed by atoms with Gasteiger partial charge in [-0.25, -0.2) is 0 Å². The van der Waals surface area contributed by atoms with Crippen molar-refractivity contribution in [1.82, 2.24) is 0 Å². The van der Waals surface area contributed by atoms with Gasteiger partial charge in [-0.15, -0.1) is 0 Å². The highest BCUT2D eigenvalue weighted by Crippen LogP contribution is 2.60. The Hall–Kier alpha value is -0.560. The Morgan fingerprint density at radius 2 is 1.83 bits per heavy atom. The first-order valence-corrected chi connectivity index (χ1v) is 12.8. The minimum Gasteiger partial charge on any atom is -0.393 e. The molecule has 0 spiro atoms. The van der Waals surface area contributed by atoms with Crippen LogP contribution < -0.4 is 0 Å². The van der Waals surface area contributed by atoms with Gasteiger partial charge in [0.05, 0.1) is 6.10 Å². The van der Waals surface area contributed by atoms with Crippen LogP contribution in [0.4, 0.5) is 0 Å². The molecule has 7 atom stereocenters. The van der Waals surface area contributed by atoms with Crippen LogP contribution in [0.1, 0.15) is 106 Å². The molecule has 0 heterocycles. The first kappa shape index (κ1) is 23.1. The van der Waals surface area contributed by atoms with E-state index in [0.717, 1.165) is 30.1 Å². The van der Waals surface area contributed by atoms with Crippen LogP contribution in [-0.4, -0.2) is 11.2 Å². The summed E-state index contributed by atoms with van der Waals surface area (Å²) in [7, 11) is 0. The molecule has 0 amide bonds. The standard InChI is InChI=1S/C28H48O/c1-19(2)9-7-10-20(3)25-14-15-26-24(11-8-16-28(25,26)6)13-12-23-17-21(4)22(5)27(29)18-23/h12-13,19-22,25-27,29H,7-11,14-18H2,1-6H3/b23-12-,24-13+/t20-,21+,22+,25?,26?,27+,28+/m0/s1. The molecule has 2 unspecified atom stereocenters. The van der Waals surface area contributed by atoms with Gasteiger partial charge in [0.25, 0.3) is 0 Å². The molecule has 3 aliphatic carbocycles. The summed E-state index contributed by atoms with van der Waals surface area (Å²) in [5.41, 5.74) is 3.72. The molecule has 3 aliphatic rings. The van der Waals surface area contributed by atoms with E-state index < -0.39 is 0 Å². The number of aliphatic hydroxyl groups is 1. The van der Waals surface area contributed by atoms with Crippen LogP contribution in [-0.2, 0) is 0 Å². The largest absolute Gasteiger partial charge is 0.393 e. The zero-order chi connectivity index (χ0) is 21.2. The molecule has 3 saturated carbocycles. The fourth-order valence-corrected chi connectivity index (χ4v) is 7.14. The molecular weight excluding hydrogens is 352 g/mol. The molecule has 1 N–H and O–H groups in total. The van der Waals surface area contributed by atoms with Gasteiger partial charge < -0.3 is 5.11 Å². The summed E-state index contributed by atoms with van der Waals surface area (Å²) in [6.45, 7) is 14.4. The number of hydrogen-bond donors (Lipinski definition) is 1. The third-order valence-electron chi connectivity index (χ3n) is 9.26. The van der Waals surface area contributed by atoms with Gasteiger partial charge in [-0.1, -0.05) is 84.1 Å². The highest BCUT2D eigenvalue weighted by molar-refractivity contribution is 5.26. The fourth-order valence-electron chi connectivity index (χ4n) is 7.14. The predicted octanol–water partition coefficient (Wildman–Crippen LogP) is 7.94. The smallest absolute Gasteiger partial charge is 0.0605 e. The molecule has 1 heteroatoms. The molecule has 0 aromatic heterocycles. The summed E-state index contributed by atoms with van der Waals surface area (Å²) < 4.78 is 0. The lowest BCUT2D eigenvalue weighted by atomic mass is 9.60. The van der Waals surface area contributed by atoms with Crippen molar-refractivity contribution < 1.29 is 5.11 Å².